The molecule has 3 rings (SSSR count). The van der Waals surface area contributed by atoms with Crippen molar-refractivity contribution in [2.75, 3.05) is 32.8 Å². The predicted octanol–water partition coefficient (Wildman–Crippen LogP) is 3.55. The number of carbonyl (C=O) groups excluding carboxylic acids is 1. The maximum absolute atomic E-state index is 12.4. The lowest BCUT2D eigenvalue weighted by atomic mass is 10.2. The van der Waals surface area contributed by atoms with Gasteiger partial charge in [0.1, 0.15) is 9.88 Å². The summed E-state index contributed by atoms with van der Waals surface area (Å²) in [7, 11) is 0. The third kappa shape index (κ3) is 5.04. The van der Waals surface area contributed by atoms with Crippen molar-refractivity contribution in [3.63, 3.8) is 0 Å². The standard InChI is InChI=1S/C19H24ClN3O2S/c1-13(2)11-23-7-8-25-14(12-23)9-21-18(24)17-10-22-19(26-17)15-5-3-4-6-16(15)20/h3-6,10,13-14H,7-9,11-12H2,1-2H3,(H,21,24)/t14-/m1/s1. The highest BCUT2D eigenvalue weighted by Crippen LogP contribution is 2.30. The van der Waals surface area contributed by atoms with E-state index in [4.69, 9.17) is 16.3 Å². The highest BCUT2D eigenvalue weighted by Gasteiger charge is 2.22. The molecule has 0 unspecified atom stereocenters. The third-order valence-electron chi connectivity index (χ3n) is 4.17. The van der Waals surface area contributed by atoms with Crippen molar-refractivity contribution in [3.05, 3.63) is 40.4 Å². The summed E-state index contributed by atoms with van der Waals surface area (Å²) in [5, 5.41) is 4.35. The lowest BCUT2D eigenvalue weighted by Gasteiger charge is -2.33. The van der Waals surface area contributed by atoms with Crippen molar-refractivity contribution >= 4 is 28.8 Å². The van der Waals surface area contributed by atoms with Gasteiger partial charge in [0.25, 0.3) is 5.91 Å². The van der Waals surface area contributed by atoms with Crippen LogP contribution in [0.2, 0.25) is 5.02 Å². The minimum atomic E-state index is -0.120. The minimum Gasteiger partial charge on any atom is -0.374 e. The van der Waals surface area contributed by atoms with Crippen molar-refractivity contribution < 1.29 is 9.53 Å². The Hall–Kier alpha value is -1.47. The monoisotopic (exact) mass is 393 g/mol. The molecular formula is C19H24ClN3O2S. The Balaban J connectivity index is 1.55. The molecule has 1 aliphatic heterocycles. The smallest absolute Gasteiger partial charge is 0.263 e. The molecule has 0 radical (unpaired) electrons. The van der Waals surface area contributed by atoms with Crippen molar-refractivity contribution in [2.45, 2.75) is 20.0 Å². The second-order valence-electron chi connectivity index (χ2n) is 6.87. The molecule has 1 atom stereocenters. The first-order chi connectivity index (χ1) is 12.5. The molecule has 1 aromatic heterocycles. The van der Waals surface area contributed by atoms with Gasteiger partial charge in [0.2, 0.25) is 0 Å². The zero-order valence-corrected chi connectivity index (χ0v) is 16.6. The number of carbonyl (C=O) groups is 1. The molecule has 0 spiro atoms. The number of halogens is 1. The van der Waals surface area contributed by atoms with E-state index >= 15 is 0 Å². The number of aromatic nitrogens is 1. The summed E-state index contributed by atoms with van der Waals surface area (Å²) in [5.41, 5.74) is 0.846. The van der Waals surface area contributed by atoms with Crippen molar-refractivity contribution in [1.82, 2.24) is 15.2 Å². The van der Waals surface area contributed by atoms with E-state index in [1.165, 1.54) is 11.3 Å². The van der Waals surface area contributed by atoms with Gasteiger partial charge in [0, 0.05) is 31.7 Å². The van der Waals surface area contributed by atoms with Crippen LogP contribution in [0.1, 0.15) is 23.5 Å². The van der Waals surface area contributed by atoms with E-state index in [1.54, 1.807) is 6.20 Å². The maximum Gasteiger partial charge on any atom is 0.263 e. The number of morpholine rings is 1. The van der Waals surface area contributed by atoms with Crippen molar-refractivity contribution in [2.24, 2.45) is 5.92 Å². The summed E-state index contributed by atoms with van der Waals surface area (Å²) < 4.78 is 5.78. The van der Waals surface area contributed by atoms with Crippen LogP contribution in [-0.4, -0.2) is 54.7 Å². The first kappa shape index (κ1) is 19.3. The minimum absolute atomic E-state index is 0.0300. The molecule has 7 heteroatoms. The molecule has 26 heavy (non-hydrogen) atoms. The number of rotatable bonds is 6. The number of nitrogens with one attached hydrogen (secondary N) is 1. The first-order valence-electron chi connectivity index (χ1n) is 8.86. The van der Waals surface area contributed by atoms with Crippen LogP contribution in [0.4, 0.5) is 0 Å². The Morgan fingerprint density at radius 1 is 1.46 bits per heavy atom. The van der Waals surface area contributed by atoms with Gasteiger partial charge in [-0.3, -0.25) is 9.69 Å². The molecular weight excluding hydrogens is 370 g/mol. The lowest BCUT2D eigenvalue weighted by molar-refractivity contribution is -0.0295. The Labute approximate surface area is 163 Å². The van der Waals surface area contributed by atoms with Crippen molar-refractivity contribution in [3.8, 4) is 10.6 Å². The highest BCUT2D eigenvalue weighted by molar-refractivity contribution is 7.17. The lowest BCUT2D eigenvalue weighted by Crippen LogP contribution is -2.48. The normalized spacial score (nSPS) is 18.2. The summed E-state index contributed by atoms with van der Waals surface area (Å²) in [6.07, 6.45) is 1.63. The van der Waals surface area contributed by atoms with Gasteiger partial charge in [0.05, 0.1) is 23.9 Å². The van der Waals surface area contributed by atoms with Crippen LogP contribution < -0.4 is 5.32 Å². The average Bonchev–Trinajstić information content (AvgIpc) is 3.10. The maximum atomic E-state index is 12.4. The molecule has 140 valence electrons. The molecule has 1 aromatic carbocycles. The summed E-state index contributed by atoms with van der Waals surface area (Å²) >= 11 is 7.55. The molecule has 1 aliphatic rings. The number of hydrogen-bond acceptors (Lipinski definition) is 5. The Kier molecular flexibility index (Phi) is 6.64. The number of hydrogen-bond donors (Lipinski definition) is 1. The molecule has 0 bridgehead atoms. The SMILES string of the molecule is CC(C)CN1CCO[C@H](CNC(=O)c2cnc(-c3ccccc3Cl)s2)C1. The first-order valence-corrected chi connectivity index (χ1v) is 10.0. The van der Waals surface area contributed by atoms with Crippen LogP contribution in [0, 0.1) is 5.92 Å². The second-order valence-corrected chi connectivity index (χ2v) is 8.30. The van der Waals surface area contributed by atoms with E-state index in [0.717, 1.165) is 30.2 Å². The molecule has 2 heterocycles. The van der Waals surface area contributed by atoms with E-state index in [9.17, 15) is 4.79 Å². The van der Waals surface area contributed by atoms with E-state index < -0.39 is 0 Å². The fourth-order valence-corrected chi connectivity index (χ4v) is 4.17. The largest absolute Gasteiger partial charge is 0.374 e. The molecule has 0 aliphatic carbocycles. The van der Waals surface area contributed by atoms with Crippen LogP contribution in [0.3, 0.4) is 0 Å². The topological polar surface area (TPSA) is 54.5 Å². The van der Waals surface area contributed by atoms with Gasteiger partial charge >= 0.3 is 0 Å². The van der Waals surface area contributed by atoms with Gasteiger partial charge in [-0.2, -0.15) is 0 Å². The van der Waals surface area contributed by atoms with Crippen molar-refractivity contribution in [1.29, 1.82) is 0 Å². The Morgan fingerprint density at radius 3 is 3.04 bits per heavy atom. The second kappa shape index (κ2) is 8.95. The van der Waals surface area contributed by atoms with Gasteiger partial charge in [-0.05, 0) is 12.0 Å². The summed E-state index contributed by atoms with van der Waals surface area (Å²) in [6, 6.07) is 7.51. The third-order valence-corrected chi connectivity index (χ3v) is 5.53. The summed E-state index contributed by atoms with van der Waals surface area (Å²) in [4.78, 5) is 19.7. The number of nitrogens with zero attached hydrogens (tertiary/aromatic N) is 2. The summed E-state index contributed by atoms with van der Waals surface area (Å²) in [6.45, 7) is 8.52. The molecule has 0 saturated carbocycles. The summed E-state index contributed by atoms with van der Waals surface area (Å²) in [5.74, 6) is 0.508. The van der Waals surface area contributed by atoms with Crippen LogP contribution in [0.5, 0.6) is 0 Å². The molecule has 5 nitrogen and oxygen atoms in total. The molecule has 1 amide bonds. The quantitative estimate of drug-likeness (QED) is 0.815. The predicted molar refractivity (Wildman–Crippen MR) is 106 cm³/mol. The molecule has 1 N–H and O–H groups in total. The zero-order valence-electron chi connectivity index (χ0n) is 15.1. The van der Waals surface area contributed by atoms with Gasteiger partial charge in [-0.25, -0.2) is 4.98 Å². The van der Waals surface area contributed by atoms with Crippen LogP contribution in [0.25, 0.3) is 10.6 Å². The Bertz CT molecular complexity index is 750. The van der Waals surface area contributed by atoms with Crippen LogP contribution in [0.15, 0.2) is 30.5 Å². The fourth-order valence-electron chi connectivity index (χ4n) is 3.02. The zero-order chi connectivity index (χ0) is 18.5. The van der Waals surface area contributed by atoms with Gasteiger partial charge in [-0.15, -0.1) is 11.3 Å². The number of thiazole rings is 1. The Morgan fingerprint density at radius 2 is 2.27 bits per heavy atom. The molecule has 1 saturated heterocycles. The van der Waals surface area contributed by atoms with Gasteiger partial charge in [0.15, 0.2) is 0 Å². The molecule has 1 fully saturated rings. The van der Waals surface area contributed by atoms with E-state index in [1.807, 2.05) is 24.3 Å². The number of amides is 1. The van der Waals surface area contributed by atoms with Crippen LogP contribution in [-0.2, 0) is 4.74 Å². The van der Waals surface area contributed by atoms with Crippen LogP contribution >= 0.6 is 22.9 Å². The van der Waals surface area contributed by atoms with Gasteiger partial charge < -0.3 is 10.1 Å². The number of ether oxygens (including phenoxy) is 1. The highest BCUT2D eigenvalue weighted by atomic mass is 35.5. The fraction of sp³-hybridized carbons (Fsp3) is 0.474. The molecule has 2 aromatic rings. The average molecular weight is 394 g/mol. The van der Waals surface area contributed by atoms with E-state index in [-0.39, 0.29) is 12.0 Å². The van der Waals surface area contributed by atoms with Gasteiger partial charge in [-0.1, -0.05) is 43.6 Å². The number of benzene rings is 1. The van der Waals surface area contributed by atoms with E-state index in [2.05, 4.69) is 29.0 Å². The van der Waals surface area contributed by atoms with E-state index in [0.29, 0.717) is 29.0 Å².